The molecule has 0 rings (SSSR count). The van der Waals surface area contributed by atoms with E-state index in [9.17, 15) is 0 Å². The lowest BCUT2D eigenvalue weighted by Gasteiger charge is -2.33. The monoisotopic (exact) mass is 230 g/mol. The van der Waals surface area contributed by atoms with Gasteiger partial charge >= 0.3 is 0 Å². The van der Waals surface area contributed by atoms with Crippen LogP contribution in [0.15, 0.2) is 0 Å². The maximum atomic E-state index is 5.22. The molecule has 0 saturated carbocycles. The minimum absolute atomic E-state index is 0.492. The molecule has 0 fully saturated rings. The summed E-state index contributed by atoms with van der Waals surface area (Å²) in [6.45, 7) is 15.2. The standard InChI is InChI=1S/C13H30N2O/c1-7-15(13(5)10-16-6)12(4)9-14-8-11(2)3/h11-14H,7-10H2,1-6H3. The van der Waals surface area contributed by atoms with E-state index in [2.05, 4.69) is 44.8 Å². The fourth-order valence-corrected chi connectivity index (χ4v) is 2.09. The molecule has 0 radical (unpaired) electrons. The topological polar surface area (TPSA) is 24.5 Å². The number of rotatable bonds is 9. The molecule has 98 valence electrons. The van der Waals surface area contributed by atoms with Crippen LogP contribution in [-0.4, -0.2) is 50.3 Å². The minimum Gasteiger partial charge on any atom is -0.383 e. The molecule has 1 N–H and O–H groups in total. The minimum atomic E-state index is 0.492. The first-order valence-electron chi connectivity index (χ1n) is 6.48. The van der Waals surface area contributed by atoms with E-state index < -0.39 is 0 Å². The zero-order chi connectivity index (χ0) is 12.6. The molecule has 3 heteroatoms. The second-order valence-corrected chi connectivity index (χ2v) is 5.04. The number of nitrogens with zero attached hydrogens (tertiary/aromatic N) is 1. The van der Waals surface area contributed by atoms with Crippen molar-refractivity contribution >= 4 is 0 Å². The van der Waals surface area contributed by atoms with Gasteiger partial charge in [-0.1, -0.05) is 20.8 Å². The highest BCUT2D eigenvalue weighted by Gasteiger charge is 2.17. The summed E-state index contributed by atoms with van der Waals surface area (Å²) < 4.78 is 5.22. The Balaban J connectivity index is 3.94. The van der Waals surface area contributed by atoms with E-state index >= 15 is 0 Å². The van der Waals surface area contributed by atoms with Crippen molar-refractivity contribution in [2.24, 2.45) is 5.92 Å². The van der Waals surface area contributed by atoms with Gasteiger partial charge in [0.15, 0.2) is 0 Å². The highest BCUT2D eigenvalue weighted by molar-refractivity contribution is 4.74. The molecule has 0 saturated heterocycles. The highest BCUT2D eigenvalue weighted by Crippen LogP contribution is 2.05. The predicted octanol–water partition coefficient (Wildman–Crippen LogP) is 1.98. The van der Waals surface area contributed by atoms with E-state index in [0.29, 0.717) is 12.1 Å². The molecule has 0 aliphatic rings. The average Bonchev–Trinajstić information content (AvgIpc) is 2.18. The van der Waals surface area contributed by atoms with Gasteiger partial charge in [0.05, 0.1) is 6.61 Å². The quantitative estimate of drug-likeness (QED) is 0.655. The summed E-state index contributed by atoms with van der Waals surface area (Å²) in [4.78, 5) is 2.48. The molecule has 16 heavy (non-hydrogen) atoms. The SMILES string of the molecule is CCN(C(C)CNCC(C)C)C(C)COC. The predicted molar refractivity (Wildman–Crippen MR) is 70.9 cm³/mol. The Morgan fingerprint density at radius 3 is 2.12 bits per heavy atom. The molecule has 0 spiro atoms. The summed E-state index contributed by atoms with van der Waals surface area (Å²) in [5.74, 6) is 0.721. The smallest absolute Gasteiger partial charge is 0.0615 e. The average molecular weight is 230 g/mol. The highest BCUT2D eigenvalue weighted by atomic mass is 16.5. The van der Waals surface area contributed by atoms with Gasteiger partial charge in [-0.05, 0) is 32.9 Å². The molecule has 0 aromatic heterocycles. The lowest BCUT2D eigenvalue weighted by Crippen LogP contribution is -2.47. The van der Waals surface area contributed by atoms with Crippen LogP contribution >= 0.6 is 0 Å². The third kappa shape index (κ3) is 6.46. The van der Waals surface area contributed by atoms with Crippen molar-refractivity contribution in [2.45, 2.75) is 46.7 Å². The lowest BCUT2D eigenvalue weighted by molar-refractivity contribution is 0.0779. The van der Waals surface area contributed by atoms with Gasteiger partial charge in [0, 0.05) is 25.7 Å². The van der Waals surface area contributed by atoms with Crippen LogP contribution in [0.5, 0.6) is 0 Å². The molecule has 0 aliphatic carbocycles. The fourth-order valence-electron chi connectivity index (χ4n) is 2.09. The molecular formula is C13H30N2O. The maximum Gasteiger partial charge on any atom is 0.0615 e. The number of hydrogen-bond acceptors (Lipinski definition) is 3. The Labute approximate surface area is 102 Å². The number of methoxy groups -OCH3 is 1. The Kier molecular flexibility index (Phi) is 8.90. The Hall–Kier alpha value is -0.120. The van der Waals surface area contributed by atoms with Crippen LogP contribution in [0, 0.1) is 5.92 Å². The first kappa shape index (κ1) is 15.9. The van der Waals surface area contributed by atoms with Gasteiger partial charge in [-0.25, -0.2) is 0 Å². The summed E-state index contributed by atoms with van der Waals surface area (Å²) >= 11 is 0. The third-order valence-electron chi connectivity index (χ3n) is 2.90. The van der Waals surface area contributed by atoms with Gasteiger partial charge in [0.2, 0.25) is 0 Å². The second-order valence-electron chi connectivity index (χ2n) is 5.04. The molecular weight excluding hydrogens is 200 g/mol. The third-order valence-corrected chi connectivity index (χ3v) is 2.90. The fraction of sp³-hybridized carbons (Fsp3) is 1.00. The van der Waals surface area contributed by atoms with Crippen molar-refractivity contribution in [3.8, 4) is 0 Å². The number of nitrogens with one attached hydrogen (secondary N) is 1. The van der Waals surface area contributed by atoms with Crippen LogP contribution in [0.2, 0.25) is 0 Å². The molecule has 0 bridgehead atoms. The Morgan fingerprint density at radius 2 is 1.69 bits per heavy atom. The van der Waals surface area contributed by atoms with Gasteiger partial charge < -0.3 is 10.1 Å². The lowest BCUT2D eigenvalue weighted by atomic mass is 10.2. The number of ether oxygens (including phenoxy) is 1. The Bertz CT molecular complexity index is 162. The molecule has 3 nitrogen and oxygen atoms in total. The molecule has 0 aromatic carbocycles. The summed E-state index contributed by atoms with van der Waals surface area (Å²) in [5.41, 5.74) is 0. The van der Waals surface area contributed by atoms with Gasteiger partial charge in [-0.2, -0.15) is 0 Å². The molecule has 2 unspecified atom stereocenters. The first-order valence-corrected chi connectivity index (χ1v) is 6.48. The van der Waals surface area contributed by atoms with E-state index in [1.165, 1.54) is 0 Å². The molecule has 0 amide bonds. The molecule has 0 aromatic rings. The van der Waals surface area contributed by atoms with Crippen molar-refractivity contribution in [3.05, 3.63) is 0 Å². The van der Waals surface area contributed by atoms with E-state index in [1.54, 1.807) is 7.11 Å². The van der Waals surface area contributed by atoms with Gasteiger partial charge in [0.1, 0.15) is 0 Å². The summed E-state index contributed by atoms with van der Waals surface area (Å²) in [6.07, 6.45) is 0. The van der Waals surface area contributed by atoms with E-state index in [4.69, 9.17) is 4.74 Å². The van der Waals surface area contributed by atoms with Crippen LogP contribution < -0.4 is 5.32 Å². The second kappa shape index (κ2) is 8.97. The van der Waals surface area contributed by atoms with Crippen LogP contribution in [0.1, 0.15) is 34.6 Å². The van der Waals surface area contributed by atoms with Crippen LogP contribution in [0.4, 0.5) is 0 Å². The largest absolute Gasteiger partial charge is 0.383 e. The van der Waals surface area contributed by atoms with Gasteiger partial charge in [-0.3, -0.25) is 4.90 Å². The van der Waals surface area contributed by atoms with Crippen LogP contribution in [0.25, 0.3) is 0 Å². The van der Waals surface area contributed by atoms with E-state index in [0.717, 1.165) is 32.2 Å². The molecule has 2 atom stereocenters. The number of hydrogen-bond donors (Lipinski definition) is 1. The van der Waals surface area contributed by atoms with E-state index in [1.807, 2.05) is 0 Å². The summed E-state index contributed by atoms with van der Waals surface area (Å²) in [6, 6.07) is 1.06. The number of likely N-dealkylation sites (N-methyl/N-ethyl adjacent to an activating group) is 1. The maximum absolute atomic E-state index is 5.22. The van der Waals surface area contributed by atoms with Gasteiger partial charge in [-0.15, -0.1) is 0 Å². The van der Waals surface area contributed by atoms with Crippen molar-refractivity contribution in [2.75, 3.05) is 33.4 Å². The molecule has 0 heterocycles. The summed E-state index contributed by atoms with van der Waals surface area (Å²) in [7, 11) is 1.77. The normalized spacial score (nSPS) is 15.8. The Morgan fingerprint density at radius 1 is 1.06 bits per heavy atom. The zero-order valence-corrected chi connectivity index (χ0v) is 11.9. The zero-order valence-electron chi connectivity index (χ0n) is 11.9. The van der Waals surface area contributed by atoms with E-state index in [-0.39, 0.29) is 0 Å². The first-order chi connectivity index (χ1) is 7.52. The molecule has 0 aliphatic heterocycles. The van der Waals surface area contributed by atoms with Crippen LogP contribution in [-0.2, 0) is 4.74 Å². The summed E-state index contributed by atoms with van der Waals surface area (Å²) in [5, 5.41) is 3.51. The van der Waals surface area contributed by atoms with Crippen LogP contribution in [0.3, 0.4) is 0 Å². The van der Waals surface area contributed by atoms with Crippen molar-refractivity contribution in [3.63, 3.8) is 0 Å². The van der Waals surface area contributed by atoms with Gasteiger partial charge in [0.25, 0.3) is 0 Å². The van der Waals surface area contributed by atoms with Crippen molar-refractivity contribution in [1.82, 2.24) is 10.2 Å². The van der Waals surface area contributed by atoms with Crippen molar-refractivity contribution in [1.29, 1.82) is 0 Å². The van der Waals surface area contributed by atoms with Crippen molar-refractivity contribution < 1.29 is 4.74 Å².